The van der Waals surface area contributed by atoms with Crippen LogP contribution in [0.3, 0.4) is 0 Å². The molecule has 1 fully saturated rings. The average Bonchev–Trinajstić information content (AvgIpc) is 2.91. The summed E-state index contributed by atoms with van der Waals surface area (Å²) in [6.45, 7) is 20.0. The molecule has 4 unspecified atom stereocenters. The van der Waals surface area contributed by atoms with Crippen molar-refractivity contribution in [3.05, 3.63) is 24.6 Å². The fourth-order valence-electron chi connectivity index (χ4n) is 5.48. The van der Waals surface area contributed by atoms with E-state index in [1.54, 1.807) is 10.4 Å². The molecule has 0 aliphatic carbocycles. The largest absolute Gasteiger partial charge is 0.381 e. The van der Waals surface area contributed by atoms with Gasteiger partial charge in [0.05, 0.1) is 18.0 Å². The highest BCUT2D eigenvalue weighted by Crippen LogP contribution is 2.29. The van der Waals surface area contributed by atoms with Crippen molar-refractivity contribution in [2.45, 2.75) is 124 Å². The molecule has 5 atom stereocenters. The topological polar surface area (TPSA) is 112 Å². The molecule has 0 spiro atoms. The van der Waals surface area contributed by atoms with E-state index >= 15 is 0 Å². The second kappa shape index (κ2) is 18.3. The molecule has 0 saturated carbocycles. The molecule has 1 saturated heterocycles. The summed E-state index contributed by atoms with van der Waals surface area (Å²) in [7, 11) is 0.394. The smallest absolute Gasteiger partial charge is 0.251 e. The molecule has 2 N–H and O–H groups in total. The van der Waals surface area contributed by atoms with Crippen LogP contribution in [0.25, 0.3) is 0 Å². The minimum absolute atomic E-state index is 0.131. The molecule has 1 aliphatic heterocycles. The third kappa shape index (κ3) is 13.4. The number of ether oxygens (including phenoxy) is 1. The zero-order valence-corrected chi connectivity index (χ0v) is 29.5. The fourth-order valence-corrected chi connectivity index (χ4v) is 7.32. The van der Waals surface area contributed by atoms with Crippen molar-refractivity contribution in [1.29, 1.82) is 0 Å². The molecule has 1 aliphatic rings. The Morgan fingerprint density at radius 1 is 1.21 bits per heavy atom. The molecular formula is C33H62N4O5S. The molecule has 1 rings (SSSR count). The Hall–Kier alpha value is -1.75. The maximum Gasteiger partial charge on any atom is 0.251 e. The number of allylic oxidation sites excluding steroid dienone is 2. The number of aliphatic imine (C=N–C) groups is 1. The van der Waals surface area contributed by atoms with Crippen molar-refractivity contribution in [3.8, 4) is 0 Å². The van der Waals surface area contributed by atoms with E-state index in [9.17, 15) is 18.3 Å². The van der Waals surface area contributed by atoms with Gasteiger partial charge in [0, 0.05) is 38.9 Å². The van der Waals surface area contributed by atoms with Crippen molar-refractivity contribution < 1.29 is 23.1 Å². The number of hydrogen-bond donors (Lipinski definition) is 2. The second-order valence-corrected chi connectivity index (χ2v) is 15.4. The van der Waals surface area contributed by atoms with Crippen molar-refractivity contribution in [2.75, 3.05) is 32.9 Å². The maximum atomic E-state index is 13.7. The minimum Gasteiger partial charge on any atom is -0.381 e. The van der Waals surface area contributed by atoms with Gasteiger partial charge in [-0.3, -0.25) is 4.79 Å². The molecule has 43 heavy (non-hydrogen) atoms. The summed E-state index contributed by atoms with van der Waals surface area (Å²) in [5.74, 6) is 1.89. The quantitative estimate of drug-likeness (QED) is 0.113. The van der Waals surface area contributed by atoms with Gasteiger partial charge in [0.15, 0.2) is 0 Å². The number of hydrogen-bond acceptors (Lipinski definition) is 7. The normalized spacial score (nSPS) is 22.4. The van der Waals surface area contributed by atoms with Gasteiger partial charge in [0.1, 0.15) is 11.4 Å². The van der Waals surface area contributed by atoms with E-state index in [-0.39, 0.29) is 36.5 Å². The number of amides is 1. The average molecular weight is 627 g/mol. The first-order valence-electron chi connectivity index (χ1n) is 16.1. The maximum absolute atomic E-state index is 13.7. The number of rotatable bonds is 19. The summed E-state index contributed by atoms with van der Waals surface area (Å²) in [6.07, 6.45) is 8.59. The lowest BCUT2D eigenvalue weighted by atomic mass is 9.89. The third-order valence-corrected chi connectivity index (χ3v) is 10.7. The first kappa shape index (κ1) is 39.3. The highest BCUT2D eigenvalue weighted by Gasteiger charge is 2.40. The SMILES string of the molecule is C=C/C=C(\N=C(C)C(C)CCC1O[C@@H](CCNC(=O)C(C)(C)O)CN(S(=O)(=O)CCCCC(CC)C(C)C)C1C)N(C)C. The lowest BCUT2D eigenvalue weighted by molar-refractivity contribution is -0.136. The number of morpholine rings is 1. The zero-order valence-electron chi connectivity index (χ0n) is 28.7. The first-order chi connectivity index (χ1) is 19.9. The zero-order chi connectivity index (χ0) is 33.0. The van der Waals surface area contributed by atoms with Crippen LogP contribution < -0.4 is 5.32 Å². The van der Waals surface area contributed by atoms with Gasteiger partial charge >= 0.3 is 0 Å². The van der Waals surface area contributed by atoms with E-state index in [4.69, 9.17) is 9.73 Å². The van der Waals surface area contributed by atoms with Crippen LogP contribution in [0.1, 0.15) is 100 Å². The summed E-state index contributed by atoms with van der Waals surface area (Å²) in [4.78, 5) is 18.9. The van der Waals surface area contributed by atoms with E-state index in [2.05, 4.69) is 39.6 Å². The summed E-state index contributed by atoms with van der Waals surface area (Å²) >= 11 is 0. The lowest BCUT2D eigenvalue weighted by Gasteiger charge is -2.43. The molecule has 10 heteroatoms. The molecule has 0 aromatic heterocycles. The van der Waals surface area contributed by atoms with Crippen LogP contribution in [0.2, 0.25) is 0 Å². The van der Waals surface area contributed by atoms with E-state index in [1.165, 1.54) is 13.8 Å². The van der Waals surface area contributed by atoms with E-state index in [1.807, 2.05) is 38.9 Å². The van der Waals surface area contributed by atoms with Gasteiger partial charge in [-0.05, 0) is 77.2 Å². The number of nitrogens with zero attached hydrogens (tertiary/aromatic N) is 3. The molecule has 1 heterocycles. The molecule has 0 radical (unpaired) electrons. The van der Waals surface area contributed by atoms with Gasteiger partial charge in [0.2, 0.25) is 10.0 Å². The number of sulfonamides is 1. The molecule has 0 bridgehead atoms. The number of carbonyl (C=O) groups is 1. The van der Waals surface area contributed by atoms with E-state index in [0.717, 1.165) is 37.2 Å². The lowest BCUT2D eigenvalue weighted by Crippen LogP contribution is -2.56. The number of unbranched alkanes of at least 4 members (excludes halogenated alkanes) is 1. The van der Waals surface area contributed by atoms with Crippen LogP contribution in [0.5, 0.6) is 0 Å². The van der Waals surface area contributed by atoms with Gasteiger partial charge < -0.3 is 20.1 Å². The van der Waals surface area contributed by atoms with Crippen LogP contribution in [0, 0.1) is 17.8 Å². The minimum atomic E-state index is -3.49. The van der Waals surface area contributed by atoms with Crippen LogP contribution in [-0.4, -0.2) is 91.1 Å². The fraction of sp³-hybridized carbons (Fsp3) is 0.818. The van der Waals surface area contributed by atoms with Crippen molar-refractivity contribution in [3.63, 3.8) is 0 Å². The van der Waals surface area contributed by atoms with Crippen molar-refractivity contribution in [2.24, 2.45) is 22.7 Å². The molecule has 9 nitrogen and oxygen atoms in total. The Balaban J connectivity index is 3.03. The van der Waals surface area contributed by atoms with E-state index < -0.39 is 21.5 Å². The number of aliphatic hydroxyl groups is 1. The van der Waals surface area contributed by atoms with Crippen LogP contribution in [0.4, 0.5) is 0 Å². The van der Waals surface area contributed by atoms with E-state index in [0.29, 0.717) is 37.6 Å². The monoisotopic (exact) mass is 626 g/mol. The van der Waals surface area contributed by atoms with Gasteiger partial charge in [-0.2, -0.15) is 4.31 Å². The summed E-state index contributed by atoms with van der Waals surface area (Å²) in [5.41, 5.74) is -0.484. The Labute approximate surface area is 263 Å². The van der Waals surface area contributed by atoms with Gasteiger partial charge in [-0.1, -0.05) is 59.6 Å². The van der Waals surface area contributed by atoms with Crippen molar-refractivity contribution in [1.82, 2.24) is 14.5 Å². The molecular weight excluding hydrogens is 564 g/mol. The number of carbonyl (C=O) groups excluding carboxylic acids is 1. The third-order valence-electron chi connectivity index (χ3n) is 8.72. The van der Waals surface area contributed by atoms with Gasteiger partial charge in [0.25, 0.3) is 5.91 Å². The molecule has 250 valence electrons. The predicted molar refractivity (Wildman–Crippen MR) is 178 cm³/mol. The molecule has 0 aromatic carbocycles. The number of nitrogens with one attached hydrogen (secondary N) is 1. The highest BCUT2D eigenvalue weighted by molar-refractivity contribution is 7.89. The first-order valence-corrected chi connectivity index (χ1v) is 17.8. The molecule has 1 amide bonds. The highest BCUT2D eigenvalue weighted by atomic mass is 32.2. The standard InChI is InChI=1S/C33H62N4O5S/c1-12-16-31(36(10)11)35-26(6)25(5)18-19-30-27(7)37(23-29(42-30)20-21-34-32(38)33(8,9)39)43(40,41)22-15-14-17-28(13-2)24(3)4/h12,16,24-25,27-30,39H,1,13-15,17-23H2,2-11H3,(H,34,38)/b31-16+,35-26?/t25?,27?,28?,29-,30?/m0/s1. The summed E-state index contributed by atoms with van der Waals surface area (Å²) < 4.78 is 35.5. The Bertz CT molecular complexity index is 1030. The van der Waals surface area contributed by atoms with Crippen LogP contribution >= 0.6 is 0 Å². The Morgan fingerprint density at radius 2 is 1.86 bits per heavy atom. The Morgan fingerprint density at radius 3 is 2.40 bits per heavy atom. The molecule has 0 aromatic rings. The van der Waals surface area contributed by atoms with Gasteiger partial charge in [-0.15, -0.1) is 0 Å². The second-order valence-electron chi connectivity index (χ2n) is 13.3. The predicted octanol–water partition coefficient (Wildman–Crippen LogP) is 5.37. The summed E-state index contributed by atoms with van der Waals surface area (Å²) in [5, 5.41) is 12.7. The van der Waals surface area contributed by atoms with Gasteiger partial charge in [-0.25, -0.2) is 13.4 Å². The van der Waals surface area contributed by atoms with Crippen LogP contribution in [-0.2, 0) is 19.6 Å². The van der Waals surface area contributed by atoms with Crippen molar-refractivity contribution >= 4 is 21.6 Å². The summed E-state index contributed by atoms with van der Waals surface area (Å²) in [6, 6.07) is -0.297. The van der Waals surface area contributed by atoms with Crippen LogP contribution in [0.15, 0.2) is 29.5 Å². The Kier molecular flexibility index (Phi) is 16.7.